The van der Waals surface area contributed by atoms with Crippen LogP contribution in [-0.4, -0.2) is 42.1 Å². The van der Waals surface area contributed by atoms with E-state index in [0.29, 0.717) is 5.95 Å². The number of nitrogens with zero attached hydrogens (tertiary/aromatic N) is 3. The van der Waals surface area contributed by atoms with E-state index in [9.17, 15) is 0 Å². The Balaban J connectivity index is 1.59. The van der Waals surface area contributed by atoms with Crippen molar-refractivity contribution >= 4 is 17.5 Å². The Morgan fingerprint density at radius 3 is 2.36 bits per heavy atom. The molecule has 0 saturated carbocycles. The first-order chi connectivity index (χ1) is 13.6. The normalized spacial score (nSPS) is 10.7. The van der Waals surface area contributed by atoms with Gasteiger partial charge in [-0.05, 0) is 70.4 Å². The number of aromatic nitrogens is 2. The first-order valence-electron chi connectivity index (χ1n) is 9.43. The summed E-state index contributed by atoms with van der Waals surface area (Å²) in [5.41, 5.74) is 1.86. The monoisotopic (exact) mass is 377 g/mol. The van der Waals surface area contributed by atoms with Gasteiger partial charge in [-0.3, -0.25) is 0 Å². The molecule has 0 bridgehead atoms. The van der Waals surface area contributed by atoms with E-state index in [1.165, 1.54) is 0 Å². The van der Waals surface area contributed by atoms with Crippen molar-refractivity contribution in [3.63, 3.8) is 0 Å². The molecule has 0 aliphatic rings. The number of aryl methyl sites for hydroxylation is 1. The van der Waals surface area contributed by atoms with Gasteiger partial charge in [-0.15, -0.1) is 0 Å². The Kier molecular flexibility index (Phi) is 6.81. The van der Waals surface area contributed by atoms with Gasteiger partial charge in [0.2, 0.25) is 5.95 Å². The highest BCUT2D eigenvalue weighted by Crippen LogP contribution is 2.24. The van der Waals surface area contributed by atoms with E-state index in [1.807, 2.05) is 67.6 Å². The lowest BCUT2D eigenvalue weighted by atomic mass is 10.3. The molecule has 3 aromatic rings. The van der Waals surface area contributed by atoms with E-state index in [0.717, 1.165) is 48.2 Å². The number of hydrogen-bond donors (Lipinski definition) is 2. The van der Waals surface area contributed by atoms with Gasteiger partial charge < -0.3 is 20.3 Å². The third-order valence-electron chi connectivity index (χ3n) is 4.03. The minimum absolute atomic E-state index is 0.644. The van der Waals surface area contributed by atoms with Crippen molar-refractivity contribution < 1.29 is 4.74 Å². The molecule has 1 heterocycles. The number of para-hydroxylation sites is 1. The molecule has 0 fully saturated rings. The average Bonchev–Trinajstić information content (AvgIpc) is 2.67. The molecule has 0 spiro atoms. The van der Waals surface area contributed by atoms with E-state index in [2.05, 4.69) is 39.6 Å². The minimum atomic E-state index is 0.644. The Hall–Kier alpha value is -3.12. The number of benzene rings is 2. The molecule has 0 aliphatic carbocycles. The van der Waals surface area contributed by atoms with E-state index in [-0.39, 0.29) is 0 Å². The smallest absolute Gasteiger partial charge is 0.224 e. The summed E-state index contributed by atoms with van der Waals surface area (Å²) in [6.45, 7) is 3.84. The molecule has 28 heavy (non-hydrogen) atoms. The molecule has 0 amide bonds. The molecule has 1 aromatic heterocycles. The van der Waals surface area contributed by atoms with Crippen molar-refractivity contribution in [3.05, 3.63) is 66.4 Å². The molecular formula is C22H27N5O. The van der Waals surface area contributed by atoms with Crippen LogP contribution < -0.4 is 15.4 Å². The quantitative estimate of drug-likeness (QED) is 0.528. The largest absolute Gasteiger partial charge is 0.457 e. The molecule has 146 valence electrons. The fraction of sp³-hybridized carbons (Fsp3) is 0.273. The molecular weight excluding hydrogens is 350 g/mol. The topological polar surface area (TPSA) is 62.3 Å². The lowest BCUT2D eigenvalue weighted by Crippen LogP contribution is -2.17. The zero-order valence-corrected chi connectivity index (χ0v) is 16.6. The fourth-order valence-corrected chi connectivity index (χ4v) is 2.69. The fourth-order valence-electron chi connectivity index (χ4n) is 2.69. The summed E-state index contributed by atoms with van der Waals surface area (Å²) in [4.78, 5) is 11.2. The second-order valence-electron chi connectivity index (χ2n) is 6.87. The SMILES string of the molecule is Cc1cc(Nc2ccc(Oc3ccccc3)cc2)nc(NCCCN(C)C)n1. The summed E-state index contributed by atoms with van der Waals surface area (Å²) >= 11 is 0. The zero-order valence-electron chi connectivity index (χ0n) is 16.6. The summed E-state index contributed by atoms with van der Waals surface area (Å²) < 4.78 is 5.83. The van der Waals surface area contributed by atoms with Crippen LogP contribution in [0.25, 0.3) is 0 Å². The van der Waals surface area contributed by atoms with Gasteiger partial charge in [-0.1, -0.05) is 18.2 Å². The Labute approximate surface area is 166 Å². The molecule has 0 atom stereocenters. The van der Waals surface area contributed by atoms with Crippen LogP contribution >= 0.6 is 0 Å². The van der Waals surface area contributed by atoms with Gasteiger partial charge in [0, 0.05) is 24.0 Å². The Bertz CT molecular complexity index is 866. The van der Waals surface area contributed by atoms with Crippen LogP contribution in [0.1, 0.15) is 12.1 Å². The van der Waals surface area contributed by atoms with Gasteiger partial charge >= 0.3 is 0 Å². The minimum Gasteiger partial charge on any atom is -0.457 e. The van der Waals surface area contributed by atoms with E-state index < -0.39 is 0 Å². The van der Waals surface area contributed by atoms with Gasteiger partial charge in [0.25, 0.3) is 0 Å². The Morgan fingerprint density at radius 1 is 0.929 bits per heavy atom. The predicted octanol–water partition coefficient (Wildman–Crippen LogP) is 4.68. The van der Waals surface area contributed by atoms with Gasteiger partial charge in [-0.25, -0.2) is 4.98 Å². The molecule has 0 unspecified atom stereocenters. The first kappa shape index (κ1) is 19.6. The lowest BCUT2D eigenvalue weighted by molar-refractivity contribution is 0.405. The summed E-state index contributed by atoms with van der Waals surface area (Å²) in [7, 11) is 4.14. The standard InChI is InChI=1S/C22H27N5O/c1-17-16-21(26-22(24-17)23-14-7-15-27(2)3)25-18-10-12-20(13-11-18)28-19-8-5-4-6-9-19/h4-6,8-13,16H,7,14-15H2,1-3H3,(H2,23,24,25,26). The number of anilines is 3. The molecule has 3 rings (SSSR count). The van der Waals surface area contributed by atoms with Crippen LogP contribution in [0.2, 0.25) is 0 Å². The van der Waals surface area contributed by atoms with Crippen molar-refractivity contribution in [2.24, 2.45) is 0 Å². The number of hydrogen-bond acceptors (Lipinski definition) is 6. The van der Waals surface area contributed by atoms with Crippen molar-refractivity contribution in [1.29, 1.82) is 0 Å². The first-order valence-corrected chi connectivity index (χ1v) is 9.43. The highest BCUT2D eigenvalue weighted by Gasteiger charge is 2.04. The average molecular weight is 377 g/mol. The highest BCUT2D eigenvalue weighted by molar-refractivity contribution is 5.58. The van der Waals surface area contributed by atoms with Crippen molar-refractivity contribution in [1.82, 2.24) is 14.9 Å². The summed E-state index contributed by atoms with van der Waals surface area (Å²) in [5.74, 6) is 3.02. The van der Waals surface area contributed by atoms with Gasteiger partial charge in [0.05, 0.1) is 0 Å². The second kappa shape index (κ2) is 9.71. The highest BCUT2D eigenvalue weighted by atomic mass is 16.5. The second-order valence-corrected chi connectivity index (χ2v) is 6.87. The maximum atomic E-state index is 5.83. The van der Waals surface area contributed by atoms with Crippen LogP contribution in [0.4, 0.5) is 17.5 Å². The van der Waals surface area contributed by atoms with Crippen LogP contribution in [0.3, 0.4) is 0 Å². The molecule has 6 heteroatoms. The molecule has 0 saturated heterocycles. The zero-order chi connectivity index (χ0) is 19.8. The van der Waals surface area contributed by atoms with E-state index in [4.69, 9.17) is 4.74 Å². The third-order valence-corrected chi connectivity index (χ3v) is 4.03. The summed E-state index contributed by atoms with van der Waals surface area (Å²) in [6.07, 6.45) is 1.04. The predicted molar refractivity (Wildman–Crippen MR) is 115 cm³/mol. The summed E-state index contributed by atoms with van der Waals surface area (Å²) in [5, 5.41) is 6.62. The van der Waals surface area contributed by atoms with Crippen LogP contribution in [0.15, 0.2) is 60.7 Å². The summed E-state index contributed by atoms with van der Waals surface area (Å²) in [6, 6.07) is 19.5. The molecule has 2 aromatic carbocycles. The third kappa shape index (κ3) is 6.25. The molecule has 6 nitrogen and oxygen atoms in total. The van der Waals surface area contributed by atoms with Crippen molar-refractivity contribution in [2.75, 3.05) is 37.8 Å². The number of ether oxygens (including phenoxy) is 1. The molecule has 2 N–H and O–H groups in total. The lowest BCUT2D eigenvalue weighted by Gasteiger charge is -2.12. The Morgan fingerprint density at radius 2 is 1.64 bits per heavy atom. The van der Waals surface area contributed by atoms with Crippen LogP contribution in [0, 0.1) is 6.92 Å². The van der Waals surface area contributed by atoms with E-state index >= 15 is 0 Å². The van der Waals surface area contributed by atoms with Crippen LogP contribution in [-0.2, 0) is 0 Å². The van der Waals surface area contributed by atoms with Crippen molar-refractivity contribution in [2.45, 2.75) is 13.3 Å². The number of nitrogens with one attached hydrogen (secondary N) is 2. The maximum absolute atomic E-state index is 5.83. The van der Waals surface area contributed by atoms with Crippen LogP contribution in [0.5, 0.6) is 11.5 Å². The van der Waals surface area contributed by atoms with Gasteiger partial charge in [0.1, 0.15) is 17.3 Å². The molecule has 0 aliphatic heterocycles. The van der Waals surface area contributed by atoms with Gasteiger partial charge in [-0.2, -0.15) is 4.98 Å². The molecule has 0 radical (unpaired) electrons. The van der Waals surface area contributed by atoms with E-state index in [1.54, 1.807) is 0 Å². The van der Waals surface area contributed by atoms with Crippen molar-refractivity contribution in [3.8, 4) is 11.5 Å². The maximum Gasteiger partial charge on any atom is 0.224 e. The van der Waals surface area contributed by atoms with Gasteiger partial charge in [0.15, 0.2) is 0 Å². The number of rotatable bonds is 9.